The van der Waals surface area contributed by atoms with Crippen molar-refractivity contribution in [2.45, 2.75) is 13.3 Å². The second-order valence-electron chi connectivity index (χ2n) is 3.80. The third kappa shape index (κ3) is 2.43. The number of rotatable bonds is 4. The Kier molecular flexibility index (Phi) is 3.26. The van der Waals surface area contributed by atoms with E-state index in [2.05, 4.69) is 15.1 Å². The van der Waals surface area contributed by atoms with Gasteiger partial charge in [0.2, 0.25) is 11.7 Å². The normalized spacial score (nSPS) is 12.6. The maximum atomic E-state index is 5.54. The average molecular weight is 218 g/mol. The number of nitrogens with zero attached hydrogens (tertiary/aromatic N) is 3. The summed E-state index contributed by atoms with van der Waals surface area (Å²) in [6, 6.07) is 3.74. The van der Waals surface area contributed by atoms with Gasteiger partial charge in [-0.25, -0.2) is 0 Å². The third-order valence-corrected chi connectivity index (χ3v) is 2.31. The number of hydrogen-bond acceptors (Lipinski definition) is 5. The second-order valence-corrected chi connectivity index (χ2v) is 3.80. The molecular weight excluding hydrogens is 204 g/mol. The molecule has 0 aliphatic carbocycles. The van der Waals surface area contributed by atoms with Gasteiger partial charge in [0, 0.05) is 24.4 Å². The van der Waals surface area contributed by atoms with E-state index in [-0.39, 0.29) is 0 Å². The molecule has 2 aromatic heterocycles. The van der Waals surface area contributed by atoms with E-state index in [9.17, 15) is 0 Å². The van der Waals surface area contributed by atoms with Crippen molar-refractivity contribution in [2.75, 3.05) is 6.54 Å². The first kappa shape index (κ1) is 10.8. The summed E-state index contributed by atoms with van der Waals surface area (Å²) >= 11 is 0. The molecule has 16 heavy (non-hydrogen) atoms. The van der Waals surface area contributed by atoms with Crippen molar-refractivity contribution < 1.29 is 4.52 Å². The summed E-state index contributed by atoms with van der Waals surface area (Å²) < 4.78 is 5.15. The van der Waals surface area contributed by atoms with Crippen molar-refractivity contribution in [3.63, 3.8) is 0 Å². The van der Waals surface area contributed by atoms with Crippen molar-refractivity contribution in [3.05, 3.63) is 30.4 Å². The number of aromatic nitrogens is 3. The summed E-state index contributed by atoms with van der Waals surface area (Å²) in [5.41, 5.74) is 6.40. The molecule has 2 rings (SSSR count). The first-order valence-corrected chi connectivity index (χ1v) is 5.22. The molecule has 2 heterocycles. The van der Waals surface area contributed by atoms with Gasteiger partial charge in [0.1, 0.15) is 0 Å². The molecule has 84 valence electrons. The maximum absolute atomic E-state index is 5.54. The third-order valence-electron chi connectivity index (χ3n) is 2.31. The summed E-state index contributed by atoms with van der Waals surface area (Å²) in [4.78, 5) is 8.30. The average Bonchev–Trinajstić information content (AvgIpc) is 2.78. The molecule has 5 nitrogen and oxygen atoms in total. The molecule has 0 aromatic carbocycles. The zero-order valence-corrected chi connectivity index (χ0v) is 9.13. The van der Waals surface area contributed by atoms with Gasteiger partial charge in [0.25, 0.3) is 0 Å². The Balaban J connectivity index is 2.14. The Hall–Kier alpha value is -1.75. The molecule has 0 bridgehead atoms. The molecule has 2 aromatic rings. The lowest BCUT2D eigenvalue weighted by Crippen LogP contribution is -2.13. The molecule has 1 unspecified atom stereocenters. The predicted molar refractivity (Wildman–Crippen MR) is 59.5 cm³/mol. The summed E-state index contributed by atoms with van der Waals surface area (Å²) in [5.74, 6) is 1.55. The van der Waals surface area contributed by atoms with Gasteiger partial charge >= 0.3 is 0 Å². The Morgan fingerprint density at radius 1 is 1.50 bits per heavy atom. The highest BCUT2D eigenvalue weighted by Crippen LogP contribution is 2.15. The second kappa shape index (κ2) is 4.85. The van der Waals surface area contributed by atoms with Crippen molar-refractivity contribution >= 4 is 0 Å². The summed E-state index contributed by atoms with van der Waals surface area (Å²) in [5, 5.41) is 3.91. The zero-order valence-electron chi connectivity index (χ0n) is 9.13. The Labute approximate surface area is 93.7 Å². The summed E-state index contributed by atoms with van der Waals surface area (Å²) in [6.07, 6.45) is 4.13. The number of hydrogen-bond donors (Lipinski definition) is 1. The number of nitrogens with two attached hydrogens (primary N) is 1. The van der Waals surface area contributed by atoms with E-state index in [0.717, 1.165) is 5.56 Å². The van der Waals surface area contributed by atoms with Crippen LogP contribution in [0.2, 0.25) is 0 Å². The van der Waals surface area contributed by atoms with Crippen molar-refractivity contribution in [2.24, 2.45) is 11.7 Å². The minimum atomic E-state index is 0.349. The molecule has 0 spiro atoms. The highest BCUT2D eigenvalue weighted by molar-refractivity contribution is 5.51. The van der Waals surface area contributed by atoms with E-state index in [1.54, 1.807) is 12.4 Å². The molecule has 0 aliphatic rings. The molecular formula is C11H14N4O. The molecule has 0 aliphatic heterocycles. The van der Waals surface area contributed by atoms with Crippen LogP contribution in [0.15, 0.2) is 29.0 Å². The monoisotopic (exact) mass is 218 g/mol. The topological polar surface area (TPSA) is 77.8 Å². The molecule has 0 amide bonds. The molecule has 0 radical (unpaired) electrons. The molecule has 0 fully saturated rings. The van der Waals surface area contributed by atoms with Crippen molar-refractivity contribution in [1.82, 2.24) is 15.1 Å². The summed E-state index contributed by atoms with van der Waals surface area (Å²) in [6.45, 7) is 2.67. The van der Waals surface area contributed by atoms with Gasteiger partial charge in [-0.05, 0) is 24.6 Å². The fourth-order valence-electron chi connectivity index (χ4n) is 1.33. The lowest BCUT2D eigenvalue weighted by atomic mass is 10.1. The van der Waals surface area contributed by atoms with Gasteiger partial charge in [-0.1, -0.05) is 12.1 Å². The van der Waals surface area contributed by atoms with Crippen LogP contribution in [0.5, 0.6) is 0 Å². The quantitative estimate of drug-likeness (QED) is 0.836. The molecule has 2 N–H and O–H groups in total. The van der Waals surface area contributed by atoms with Crippen LogP contribution in [0.3, 0.4) is 0 Å². The Bertz CT molecular complexity index is 440. The predicted octanol–water partition coefficient (Wildman–Crippen LogP) is 1.27. The van der Waals surface area contributed by atoms with Crippen LogP contribution in [-0.4, -0.2) is 21.7 Å². The van der Waals surface area contributed by atoms with Crippen LogP contribution in [-0.2, 0) is 6.42 Å². The van der Waals surface area contributed by atoms with E-state index in [1.807, 2.05) is 19.1 Å². The fraction of sp³-hybridized carbons (Fsp3) is 0.364. The smallest absolute Gasteiger partial charge is 0.227 e. The van der Waals surface area contributed by atoms with Crippen LogP contribution >= 0.6 is 0 Å². The fourth-order valence-corrected chi connectivity index (χ4v) is 1.33. The van der Waals surface area contributed by atoms with Crippen molar-refractivity contribution in [3.8, 4) is 11.4 Å². The Morgan fingerprint density at radius 3 is 3.06 bits per heavy atom. The van der Waals surface area contributed by atoms with E-state index in [1.165, 1.54) is 0 Å². The minimum Gasteiger partial charge on any atom is -0.339 e. The van der Waals surface area contributed by atoms with Gasteiger partial charge in [-0.15, -0.1) is 0 Å². The zero-order chi connectivity index (χ0) is 11.4. The largest absolute Gasteiger partial charge is 0.339 e. The standard InChI is InChI=1S/C11H14N4O/c1-8(6-12)5-10-14-11(15-16-10)9-3-2-4-13-7-9/h2-4,7-8H,5-6,12H2,1H3. The SMILES string of the molecule is CC(CN)Cc1nc(-c2cccnc2)no1. The van der Waals surface area contributed by atoms with E-state index in [4.69, 9.17) is 10.3 Å². The van der Waals surface area contributed by atoms with Crippen LogP contribution in [0.1, 0.15) is 12.8 Å². The van der Waals surface area contributed by atoms with Gasteiger partial charge in [-0.2, -0.15) is 4.98 Å². The van der Waals surface area contributed by atoms with Crippen LogP contribution < -0.4 is 5.73 Å². The van der Waals surface area contributed by atoms with Crippen LogP contribution in [0.25, 0.3) is 11.4 Å². The van der Waals surface area contributed by atoms with Gasteiger partial charge in [-0.3, -0.25) is 4.98 Å². The highest BCUT2D eigenvalue weighted by atomic mass is 16.5. The van der Waals surface area contributed by atoms with E-state index in [0.29, 0.717) is 30.6 Å². The molecule has 0 saturated carbocycles. The lowest BCUT2D eigenvalue weighted by molar-refractivity contribution is 0.360. The van der Waals surface area contributed by atoms with Crippen LogP contribution in [0.4, 0.5) is 0 Å². The van der Waals surface area contributed by atoms with Crippen molar-refractivity contribution in [1.29, 1.82) is 0 Å². The lowest BCUT2D eigenvalue weighted by Gasteiger charge is -2.01. The minimum absolute atomic E-state index is 0.349. The van der Waals surface area contributed by atoms with Gasteiger partial charge in [0.05, 0.1) is 0 Å². The van der Waals surface area contributed by atoms with Gasteiger partial charge < -0.3 is 10.3 Å². The van der Waals surface area contributed by atoms with E-state index < -0.39 is 0 Å². The maximum Gasteiger partial charge on any atom is 0.227 e. The Morgan fingerprint density at radius 2 is 2.38 bits per heavy atom. The molecule has 5 heteroatoms. The first-order valence-electron chi connectivity index (χ1n) is 5.22. The van der Waals surface area contributed by atoms with E-state index >= 15 is 0 Å². The molecule has 1 atom stereocenters. The number of pyridine rings is 1. The van der Waals surface area contributed by atoms with Crippen LogP contribution in [0, 0.1) is 5.92 Å². The molecule has 0 saturated heterocycles. The first-order chi connectivity index (χ1) is 7.79. The van der Waals surface area contributed by atoms with Gasteiger partial charge in [0.15, 0.2) is 0 Å². The summed E-state index contributed by atoms with van der Waals surface area (Å²) in [7, 11) is 0. The highest BCUT2D eigenvalue weighted by Gasteiger charge is 2.10.